The van der Waals surface area contributed by atoms with E-state index < -0.39 is 13.8 Å². The Morgan fingerprint density at radius 3 is 1.33 bits per heavy atom. The molecule has 9 heavy (non-hydrogen) atoms. The summed E-state index contributed by atoms with van der Waals surface area (Å²) in [7, 11) is 0. The zero-order chi connectivity index (χ0) is 7.91. The summed E-state index contributed by atoms with van der Waals surface area (Å²) < 4.78 is 18.0. The molecule has 0 aliphatic carbocycles. The van der Waals surface area contributed by atoms with Crippen molar-refractivity contribution in [2.75, 3.05) is 13.2 Å². The molecule has 0 radical (unpaired) electrons. The van der Waals surface area contributed by atoms with Gasteiger partial charge in [0.2, 0.25) is 0 Å². The largest absolute Gasteiger partial charge is 0.394 e. The molecule has 0 aliphatic heterocycles. The molecule has 0 amide bonds. The molecule has 0 heterocycles. The van der Waals surface area contributed by atoms with E-state index in [4.69, 9.17) is 14.3 Å². The van der Waals surface area contributed by atoms with Crippen LogP contribution >= 0.6 is 0 Å². The van der Waals surface area contributed by atoms with Crippen LogP contribution in [-0.2, 0) is 3.74 Å². The molecule has 0 spiro atoms. The fraction of sp³-hybridized carbons (Fsp3) is 1.00. The van der Waals surface area contributed by atoms with Crippen molar-refractivity contribution in [2.24, 2.45) is 0 Å². The summed E-state index contributed by atoms with van der Waals surface area (Å²) in [5.74, 6) is 0. The number of aliphatic hydroxyl groups excluding tert-OH is 2. The molecular formula is C4H13AsO4. The summed E-state index contributed by atoms with van der Waals surface area (Å²) in [4.78, 5) is 0. The third-order valence-corrected chi connectivity index (χ3v) is 0.1000. The van der Waals surface area contributed by atoms with Gasteiger partial charge in [0.05, 0.1) is 13.2 Å². The number of rotatable bonds is 1. The molecule has 0 aliphatic rings. The average molecular weight is 200 g/mol. The van der Waals surface area contributed by atoms with Crippen LogP contribution in [0.4, 0.5) is 0 Å². The Labute approximate surface area is 57.2 Å². The van der Waals surface area contributed by atoms with Crippen LogP contribution in [0.5, 0.6) is 0 Å². The molecule has 0 aromatic carbocycles. The molecule has 0 saturated carbocycles. The topological polar surface area (TPSA) is 77.8 Å². The van der Waals surface area contributed by atoms with Crippen molar-refractivity contribution < 1.29 is 18.0 Å². The van der Waals surface area contributed by atoms with E-state index in [1.54, 1.807) is 0 Å². The fourth-order valence-electron chi connectivity index (χ4n) is 0. The van der Waals surface area contributed by atoms with E-state index in [1.165, 1.54) is 11.4 Å². The van der Waals surface area contributed by atoms with Gasteiger partial charge in [0, 0.05) is 0 Å². The van der Waals surface area contributed by atoms with Crippen LogP contribution in [0.15, 0.2) is 0 Å². The van der Waals surface area contributed by atoms with Crippen molar-refractivity contribution in [1.82, 2.24) is 0 Å². The number of hydrogen-bond donors (Lipinski definition) is 3. The van der Waals surface area contributed by atoms with Crippen LogP contribution in [0.25, 0.3) is 0 Å². The molecule has 0 aromatic heterocycles. The third kappa shape index (κ3) is 209. The van der Waals surface area contributed by atoms with Gasteiger partial charge < -0.3 is 10.2 Å². The zero-order valence-corrected chi connectivity index (χ0v) is 7.49. The normalized spacial score (nSPS) is 9.89. The summed E-state index contributed by atoms with van der Waals surface area (Å²) in [6.45, 7) is -0.250. The number of aliphatic hydroxyl groups is 2. The van der Waals surface area contributed by atoms with Gasteiger partial charge in [-0.1, -0.05) is 0 Å². The first kappa shape index (κ1) is 12.0. The van der Waals surface area contributed by atoms with E-state index in [9.17, 15) is 3.74 Å². The van der Waals surface area contributed by atoms with E-state index in [0.717, 1.165) is 0 Å². The van der Waals surface area contributed by atoms with E-state index >= 15 is 0 Å². The van der Waals surface area contributed by atoms with E-state index in [-0.39, 0.29) is 13.2 Å². The van der Waals surface area contributed by atoms with Gasteiger partial charge in [0.25, 0.3) is 0 Å². The van der Waals surface area contributed by atoms with E-state index in [0.29, 0.717) is 0 Å². The van der Waals surface area contributed by atoms with E-state index in [1.807, 2.05) is 0 Å². The van der Waals surface area contributed by atoms with Gasteiger partial charge in [-0.25, -0.2) is 0 Å². The Hall–Kier alpha value is 0.238. The second kappa shape index (κ2) is 6.36. The third-order valence-electron chi connectivity index (χ3n) is 0.1000. The van der Waals surface area contributed by atoms with Gasteiger partial charge in [0.15, 0.2) is 0 Å². The van der Waals surface area contributed by atoms with Crippen molar-refractivity contribution in [3.63, 3.8) is 0 Å². The first-order chi connectivity index (χ1) is 3.91. The maximum Gasteiger partial charge on any atom is 0.0662 e. The van der Waals surface area contributed by atoms with Gasteiger partial charge >= 0.3 is 33.1 Å². The van der Waals surface area contributed by atoms with Crippen LogP contribution in [0.3, 0.4) is 0 Å². The molecule has 3 N–H and O–H groups in total. The maximum atomic E-state index is 9.83. The van der Waals surface area contributed by atoms with Crippen LogP contribution in [0.2, 0.25) is 11.4 Å². The summed E-state index contributed by atoms with van der Waals surface area (Å²) >= 11 is -3.12. The molecule has 0 unspecified atom stereocenters. The molecule has 0 rings (SSSR count). The number of hydrogen-bond acceptors (Lipinski definition) is 3. The first-order valence-corrected chi connectivity index (χ1v) is 7.77. The second-order valence-electron chi connectivity index (χ2n) is 1.74. The summed E-state index contributed by atoms with van der Waals surface area (Å²) in [5, 5.41) is 15.2. The van der Waals surface area contributed by atoms with Gasteiger partial charge in [-0.2, -0.15) is 0 Å². The van der Waals surface area contributed by atoms with Crippen LogP contribution in [0.1, 0.15) is 0 Å². The quantitative estimate of drug-likeness (QED) is 0.478. The Morgan fingerprint density at radius 2 is 1.33 bits per heavy atom. The molecule has 5 heteroatoms. The van der Waals surface area contributed by atoms with Crippen LogP contribution in [0, 0.1) is 0 Å². The van der Waals surface area contributed by atoms with Gasteiger partial charge in [-0.3, -0.25) is 0 Å². The molecule has 0 atom stereocenters. The van der Waals surface area contributed by atoms with Crippen molar-refractivity contribution in [1.29, 1.82) is 0 Å². The molecular weight excluding hydrogens is 187 g/mol. The maximum absolute atomic E-state index is 9.83. The van der Waals surface area contributed by atoms with Crippen LogP contribution in [-0.4, -0.2) is 41.4 Å². The molecule has 0 aromatic rings. The van der Waals surface area contributed by atoms with E-state index in [2.05, 4.69) is 0 Å². The Kier molecular flexibility index (Phi) is 8.46. The standard InChI is InChI=1S/C2H7AsO2.C2H6O2/c1-3(2,4)5;3-1-2-4/h1-2H3,(H,4,5);3-4H,1-2H2. The second-order valence-corrected chi connectivity index (χ2v) is 7.17. The summed E-state index contributed by atoms with van der Waals surface area (Å²) in [6, 6.07) is 0. The van der Waals surface area contributed by atoms with Crippen molar-refractivity contribution in [3.8, 4) is 0 Å². The van der Waals surface area contributed by atoms with Gasteiger partial charge in [-0.05, 0) is 0 Å². The molecule has 0 bridgehead atoms. The predicted molar refractivity (Wildman–Crippen MR) is 34.6 cm³/mol. The smallest absolute Gasteiger partial charge is 0.0662 e. The molecule has 4 nitrogen and oxygen atoms in total. The van der Waals surface area contributed by atoms with Crippen molar-refractivity contribution in [3.05, 3.63) is 0 Å². The minimum Gasteiger partial charge on any atom is -0.394 e. The molecule has 58 valence electrons. The minimum absolute atomic E-state index is 0.125. The predicted octanol–water partition coefficient (Wildman–Crippen LogP) is -0.918. The van der Waals surface area contributed by atoms with Crippen molar-refractivity contribution in [2.45, 2.75) is 11.4 Å². The molecule has 0 fully saturated rings. The van der Waals surface area contributed by atoms with Crippen LogP contribution < -0.4 is 0 Å². The van der Waals surface area contributed by atoms with Gasteiger partial charge in [0.1, 0.15) is 0 Å². The first-order valence-electron chi connectivity index (χ1n) is 2.41. The Morgan fingerprint density at radius 1 is 1.22 bits per heavy atom. The van der Waals surface area contributed by atoms with Gasteiger partial charge in [-0.15, -0.1) is 0 Å². The summed E-state index contributed by atoms with van der Waals surface area (Å²) in [6.07, 6.45) is 0. The fourth-order valence-corrected chi connectivity index (χ4v) is 0. The minimum atomic E-state index is -3.12. The van der Waals surface area contributed by atoms with Crippen molar-refractivity contribution >= 4 is 13.8 Å². The SMILES string of the molecule is C[As](C)(=O)O.OCCO. The summed E-state index contributed by atoms with van der Waals surface area (Å²) in [5.41, 5.74) is 2.72. The Bertz CT molecular complexity index is 76.3. The zero-order valence-electron chi connectivity index (χ0n) is 5.61. The molecule has 0 saturated heterocycles. The monoisotopic (exact) mass is 200 g/mol. The average Bonchev–Trinajstić information content (AvgIpc) is 1.61. The Balaban J connectivity index is 0.